The van der Waals surface area contributed by atoms with Gasteiger partial charge < -0.3 is 15.6 Å². The van der Waals surface area contributed by atoms with Gasteiger partial charge in [-0.05, 0) is 24.6 Å². The molecule has 4 heteroatoms. The molecule has 1 aromatic rings. The van der Waals surface area contributed by atoms with E-state index in [2.05, 4.69) is 0 Å². The van der Waals surface area contributed by atoms with Crippen molar-refractivity contribution >= 4 is 5.97 Å². The van der Waals surface area contributed by atoms with Gasteiger partial charge in [0.25, 0.3) is 0 Å². The van der Waals surface area contributed by atoms with Crippen LogP contribution in [-0.4, -0.2) is 24.2 Å². The number of esters is 1. The van der Waals surface area contributed by atoms with E-state index in [1.165, 1.54) is 0 Å². The Morgan fingerprint density at radius 3 is 2.53 bits per heavy atom. The van der Waals surface area contributed by atoms with Crippen LogP contribution in [0.25, 0.3) is 0 Å². The lowest BCUT2D eigenvalue weighted by atomic mass is 10.1. The van der Waals surface area contributed by atoms with Crippen molar-refractivity contribution in [1.29, 1.82) is 0 Å². The number of hydrogen-bond donors (Lipinski definition) is 2. The van der Waals surface area contributed by atoms with Crippen molar-refractivity contribution in [1.82, 2.24) is 0 Å². The first-order valence-electron chi connectivity index (χ1n) is 4.84. The van der Waals surface area contributed by atoms with Gasteiger partial charge in [0.2, 0.25) is 0 Å². The summed E-state index contributed by atoms with van der Waals surface area (Å²) in [5.41, 5.74) is 6.48. The van der Waals surface area contributed by atoms with E-state index in [-0.39, 0.29) is 12.5 Å². The van der Waals surface area contributed by atoms with Crippen LogP contribution >= 0.6 is 0 Å². The number of hydrogen-bond acceptors (Lipinski definition) is 4. The smallest absolute Gasteiger partial charge is 0.338 e. The fourth-order valence-corrected chi connectivity index (χ4v) is 1.19. The van der Waals surface area contributed by atoms with Gasteiger partial charge >= 0.3 is 5.97 Å². The molecule has 0 aliphatic rings. The van der Waals surface area contributed by atoms with Crippen molar-refractivity contribution in [2.45, 2.75) is 13.0 Å². The number of carbonyl (C=O) groups is 1. The Labute approximate surface area is 88.7 Å². The van der Waals surface area contributed by atoms with Crippen LogP contribution in [0, 0.1) is 0 Å². The van der Waals surface area contributed by atoms with E-state index >= 15 is 0 Å². The van der Waals surface area contributed by atoms with Crippen LogP contribution in [0.5, 0.6) is 0 Å². The fourth-order valence-electron chi connectivity index (χ4n) is 1.19. The molecule has 0 bridgehead atoms. The Kier molecular flexibility index (Phi) is 4.27. The highest BCUT2D eigenvalue weighted by Gasteiger charge is 2.08. The van der Waals surface area contributed by atoms with E-state index in [4.69, 9.17) is 10.5 Å². The van der Waals surface area contributed by atoms with Gasteiger partial charge in [-0.15, -0.1) is 0 Å². The van der Waals surface area contributed by atoms with Crippen molar-refractivity contribution in [2.75, 3.05) is 13.2 Å². The Bertz CT molecular complexity index is 321. The minimum absolute atomic E-state index is 0.165. The molecule has 3 N–H and O–H groups in total. The Balaban J connectivity index is 2.76. The molecular weight excluding hydrogens is 194 g/mol. The normalized spacial score (nSPS) is 12.2. The third kappa shape index (κ3) is 3.04. The quantitative estimate of drug-likeness (QED) is 0.721. The Morgan fingerprint density at radius 2 is 2.07 bits per heavy atom. The molecule has 0 aliphatic heterocycles. The lowest BCUT2D eigenvalue weighted by Gasteiger charge is -2.08. The standard InChI is InChI=1S/C11H15NO3/c1-2-15-11(14)9-5-3-8(4-6-9)10(13)7-12/h3-6,10,13H,2,7,12H2,1H3/t10-/m0/s1. The Hall–Kier alpha value is -1.39. The van der Waals surface area contributed by atoms with Crippen LogP contribution in [-0.2, 0) is 4.74 Å². The summed E-state index contributed by atoms with van der Waals surface area (Å²) in [6.45, 7) is 2.27. The zero-order valence-electron chi connectivity index (χ0n) is 8.64. The van der Waals surface area contributed by atoms with Crippen molar-refractivity contribution in [3.05, 3.63) is 35.4 Å². The summed E-state index contributed by atoms with van der Waals surface area (Å²) in [6, 6.07) is 6.58. The van der Waals surface area contributed by atoms with E-state index in [0.29, 0.717) is 17.7 Å². The lowest BCUT2D eigenvalue weighted by Crippen LogP contribution is -2.12. The molecule has 0 aliphatic carbocycles. The maximum Gasteiger partial charge on any atom is 0.338 e. The molecule has 0 saturated carbocycles. The highest BCUT2D eigenvalue weighted by Crippen LogP contribution is 2.13. The van der Waals surface area contributed by atoms with Gasteiger partial charge in [0.1, 0.15) is 0 Å². The SMILES string of the molecule is CCOC(=O)c1ccc([C@@H](O)CN)cc1. The number of ether oxygens (including phenoxy) is 1. The molecule has 4 nitrogen and oxygen atoms in total. The first-order valence-corrected chi connectivity index (χ1v) is 4.84. The molecule has 1 aromatic carbocycles. The summed E-state index contributed by atoms with van der Waals surface area (Å²) in [4.78, 5) is 11.3. The highest BCUT2D eigenvalue weighted by atomic mass is 16.5. The monoisotopic (exact) mass is 209 g/mol. The minimum atomic E-state index is -0.679. The largest absolute Gasteiger partial charge is 0.462 e. The zero-order chi connectivity index (χ0) is 11.3. The van der Waals surface area contributed by atoms with Crippen LogP contribution in [0.3, 0.4) is 0 Å². The predicted octanol–water partition coefficient (Wildman–Crippen LogP) is 0.855. The second-order valence-corrected chi connectivity index (χ2v) is 3.09. The van der Waals surface area contributed by atoms with Crippen LogP contribution < -0.4 is 5.73 Å². The molecule has 0 amide bonds. The zero-order valence-corrected chi connectivity index (χ0v) is 8.64. The third-order valence-electron chi connectivity index (χ3n) is 2.03. The molecule has 0 unspecified atom stereocenters. The molecule has 15 heavy (non-hydrogen) atoms. The first kappa shape index (κ1) is 11.7. The average Bonchev–Trinajstić information content (AvgIpc) is 2.28. The van der Waals surface area contributed by atoms with E-state index < -0.39 is 6.10 Å². The lowest BCUT2D eigenvalue weighted by molar-refractivity contribution is 0.0526. The van der Waals surface area contributed by atoms with E-state index in [1.807, 2.05) is 0 Å². The number of aliphatic hydroxyl groups excluding tert-OH is 1. The molecule has 0 radical (unpaired) electrons. The van der Waals surface area contributed by atoms with Crippen LogP contribution in [0.4, 0.5) is 0 Å². The summed E-state index contributed by atoms with van der Waals surface area (Å²) in [5.74, 6) is -0.355. The van der Waals surface area contributed by atoms with Crippen LogP contribution in [0.2, 0.25) is 0 Å². The summed E-state index contributed by atoms with van der Waals surface area (Å²) in [6.07, 6.45) is -0.679. The molecule has 0 saturated heterocycles. The maximum atomic E-state index is 11.3. The van der Waals surface area contributed by atoms with Gasteiger partial charge in [-0.3, -0.25) is 0 Å². The molecular formula is C11H15NO3. The fraction of sp³-hybridized carbons (Fsp3) is 0.364. The molecule has 0 fully saturated rings. The predicted molar refractivity (Wildman–Crippen MR) is 56.4 cm³/mol. The van der Waals surface area contributed by atoms with E-state index in [9.17, 15) is 9.90 Å². The molecule has 0 spiro atoms. The number of nitrogens with two attached hydrogens (primary N) is 1. The van der Waals surface area contributed by atoms with Crippen molar-refractivity contribution in [3.8, 4) is 0 Å². The molecule has 1 atom stereocenters. The molecule has 82 valence electrons. The maximum absolute atomic E-state index is 11.3. The summed E-state index contributed by atoms with van der Waals surface area (Å²) in [5, 5.41) is 9.42. The number of rotatable bonds is 4. The minimum Gasteiger partial charge on any atom is -0.462 e. The van der Waals surface area contributed by atoms with E-state index in [0.717, 1.165) is 0 Å². The van der Waals surface area contributed by atoms with Crippen LogP contribution in [0.1, 0.15) is 28.9 Å². The average molecular weight is 209 g/mol. The van der Waals surface area contributed by atoms with Gasteiger partial charge in [0.15, 0.2) is 0 Å². The Morgan fingerprint density at radius 1 is 1.47 bits per heavy atom. The number of benzene rings is 1. The summed E-state index contributed by atoms with van der Waals surface area (Å²) < 4.78 is 4.83. The summed E-state index contributed by atoms with van der Waals surface area (Å²) in [7, 11) is 0. The molecule has 0 heterocycles. The second-order valence-electron chi connectivity index (χ2n) is 3.09. The van der Waals surface area contributed by atoms with Crippen molar-refractivity contribution in [2.24, 2.45) is 5.73 Å². The first-order chi connectivity index (χ1) is 7.19. The second kappa shape index (κ2) is 5.48. The van der Waals surface area contributed by atoms with Crippen molar-refractivity contribution < 1.29 is 14.6 Å². The van der Waals surface area contributed by atoms with E-state index in [1.54, 1.807) is 31.2 Å². The van der Waals surface area contributed by atoms with Gasteiger partial charge in [0, 0.05) is 6.54 Å². The molecule has 1 rings (SSSR count). The number of carbonyl (C=O) groups excluding carboxylic acids is 1. The van der Waals surface area contributed by atoms with Crippen LogP contribution in [0.15, 0.2) is 24.3 Å². The summed E-state index contributed by atoms with van der Waals surface area (Å²) >= 11 is 0. The molecule has 0 aromatic heterocycles. The third-order valence-corrected chi connectivity index (χ3v) is 2.03. The van der Waals surface area contributed by atoms with Crippen molar-refractivity contribution in [3.63, 3.8) is 0 Å². The van der Waals surface area contributed by atoms with Gasteiger partial charge in [-0.1, -0.05) is 12.1 Å². The highest BCUT2D eigenvalue weighted by molar-refractivity contribution is 5.89. The van der Waals surface area contributed by atoms with Gasteiger partial charge in [0.05, 0.1) is 18.3 Å². The topological polar surface area (TPSA) is 72.5 Å². The van der Waals surface area contributed by atoms with Gasteiger partial charge in [-0.25, -0.2) is 4.79 Å². The number of aliphatic hydroxyl groups is 1. The van der Waals surface area contributed by atoms with Gasteiger partial charge in [-0.2, -0.15) is 0 Å².